The topological polar surface area (TPSA) is 50.2 Å². The molecule has 0 radical (unpaired) electrons. The number of amides is 1. The molecule has 5 nitrogen and oxygen atoms in total. The van der Waals surface area contributed by atoms with E-state index in [1.165, 1.54) is 10.7 Å². The second kappa shape index (κ2) is 6.27. The van der Waals surface area contributed by atoms with Gasteiger partial charge >= 0.3 is 0 Å². The first-order chi connectivity index (χ1) is 10.7. The Morgan fingerprint density at radius 1 is 1.36 bits per heavy atom. The average molecular weight is 302 g/mol. The number of hydrogen-bond acceptors (Lipinski definition) is 3. The molecule has 1 aliphatic rings. The van der Waals surface area contributed by atoms with Crippen LogP contribution in [0.15, 0.2) is 36.5 Å². The third-order valence-corrected chi connectivity index (χ3v) is 4.02. The van der Waals surface area contributed by atoms with E-state index < -0.39 is 0 Å². The van der Waals surface area contributed by atoms with Gasteiger partial charge in [0.15, 0.2) is 5.69 Å². The lowest BCUT2D eigenvalue weighted by atomic mass is 10.1. The highest BCUT2D eigenvalue weighted by Crippen LogP contribution is 2.15. The maximum absolute atomic E-state index is 13.8. The van der Waals surface area contributed by atoms with Crippen LogP contribution in [0.3, 0.4) is 0 Å². The fourth-order valence-corrected chi connectivity index (χ4v) is 2.77. The number of nitrogens with zero attached hydrogens (tertiary/aromatic N) is 3. The van der Waals surface area contributed by atoms with E-state index in [4.69, 9.17) is 0 Å². The molecule has 2 aromatic rings. The van der Waals surface area contributed by atoms with Gasteiger partial charge in [-0.25, -0.2) is 9.07 Å². The third kappa shape index (κ3) is 2.87. The predicted molar refractivity (Wildman–Crippen MR) is 81.5 cm³/mol. The Hall–Kier alpha value is -2.21. The summed E-state index contributed by atoms with van der Waals surface area (Å²) in [5, 5.41) is 7.44. The van der Waals surface area contributed by atoms with Crippen molar-refractivity contribution in [3.05, 3.63) is 48.0 Å². The van der Waals surface area contributed by atoms with Gasteiger partial charge in [-0.1, -0.05) is 12.1 Å². The number of likely N-dealkylation sites (N-methyl/N-ethyl adjacent to an activating group) is 1. The number of halogens is 1. The molecule has 0 spiro atoms. The van der Waals surface area contributed by atoms with E-state index in [1.807, 2.05) is 7.05 Å². The lowest BCUT2D eigenvalue weighted by Gasteiger charge is -2.32. The fourth-order valence-electron chi connectivity index (χ4n) is 2.77. The van der Waals surface area contributed by atoms with Gasteiger partial charge in [0.05, 0.1) is 0 Å². The Kier molecular flexibility index (Phi) is 4.20. The van der Waals surface area contributed by atoms with Crippen molar-refractivity contribution in [3.8, 4) is 5.69 Å². The van der Waals surface area contributed by atoms with Gasteiger partial charge in [-0.3, -0.25) is 4.79 Å². The van der Waals surface area contributed by atoms with Crippen LogP contribution in [0.25, 0.3) is 5.69 Å². The number of para-hydroxylation sites is 1. The summed E-state index contributed by atoms with van der Waals surface area (Å²) in [4.78, 5) is 14.3. The highest BCUT2D eigenvalue weighted by atomic mass is 19.1. The van der Waals surface area contributed by atoms with Crippen molar-refractivity contribution in [3.63, 3.8) is 0 Å². The first-order valence-electron chi connectivity index (χ1n) is 7.46. The number of piperidine rings is 1. The minimum absolute atomic E-state index is 0.102. The summed E-state index contributed by atoms with van der Waals surface area (Å²) in [5.41, 5.74) is 0.688. The molecule has 116 valence electrons. The normalized spacial score (nSPS) is 18.5. The number of nitrogens with one attached hydrogen (secondary N) is 1. The largest absolute Gasteiger partial charge is 0.336 e. The van der Waals surface area contributed by atoms with Crippen molar-refractivity contribution in [1.29, 1.82) is 0 Å². The number of likely N-dealkylation sites (tertiary alicyclic amines) is 1. The summed E-state index contributed by atoms with van der Waals surface area (Å²) in [6, 6.07) is 8.34. The van der Waals surface area contributed by atoms with Gasteiger partial charge in [-0.2, -0.15) is 5.10 Å². The Labute approximate surface area is 128 Å². The molecule has 0 aliphatic carbocycles. The molecule has 0 unspecified atom stereocenters. The number of carbonyl (C=O) groups is 1. The second-order valence-electron chi connectivity index (χ2n) is 5.48. The van der Waals surface area contributed by atoms with E-state index in [-0.39, 0.29) is 11.7 Å². The Bertz CT molecular complexity index is 670. The van der Waals surface area contributed by atoms with E-state index >= 15 is 0 Å². The van der Waals surface area contributed by atoms with Gasteiger partial charge in [0.2, 0.25) is 0 Å². The quantitative estimate of drug-likeness (QED) is 0.941. The lowest BCUT2D eigenvalue weighted by molar-refractivity contribution is 0.0691. The minimum Gasteiger partial charge on any atom is -0.336 e. The van der Waals surface area contributed by atoms with Crippen LogP contribution in [0.4, 0.5) is 4.39 Å². The first kappa shape index (κ1) is 14.7. The van der Waals surface area contributed by atoms with Crippen molar-refractivity contribution in [2.45, 2.75) is 18.9 Å². The monoisotopic (exact) mass is 302 g/mol. The molecule has 1 atom stereocenters. The number of benzene rings is 1. The Morgan fingerprint density at radius 3 is 2.95 bits per heavy atom. The van der Waals surface area contributed by atoms with Crippen molar-refractivity contribution in [2.24, 2.45) is 0 Å². The zero-order valence-corrected chi connectivity index (χ0v) is 12.5. The molecule has 22 heavy (non-hydrogen) atoms. The van der Waals surface area contributed by atoms with Crippen molar-refractivity contribution < 1.29 is 9.18 Å². The third-order valence-electron chi connectivity index (χ3n) is 4.02. The second-order valence-corrected chi connectivity index (χ2v) is 5.48. The summed E-state index contributed by atoms with van der Waals surface area (Å²) < 4.78 is 15.2. The highest BCUT2D eigenvalue weighted by molar-refractivity contribution is 5.92. The summed E-state index contributed by atoms with van der Waals surface area (Å²) in [6.45, 7) is 1.42. The first-order valence-corrected chi connectivity index (χ1v) is 7.46. The maximum Gasteiger partial charge on any atom is 0.274 e. The van der Waals surface area contributed by atoms with Crippen LogP contribution in [-0.4, -0.2) is 46.8 Å². The molecule has 0 saturated carbocycles. The van der Waals surface area contributed by atoms with Crippen molar-refractivity contribution >= 4 is 5.91 Å². The molecule has 1 N–H and O–H groups in total. The molecule has 1 amide bonds. The van der Waals surface area contributed by atoms with Gasteiger partial charge in [0, 0.05) is 25.3 Å². The molecular weight excluding hydrogens is 283 g/mol. The molecule has 1 aromatic carbocycles. The molecule has 6 heteroatoms. The van der Waals surface area contributed by atoms with Crippen molar-refractivity contribution in [1.82, 2.24) is 20.0 Å². The smallest absolute Gasteiger partial charge is 0.274 e. The number of hydrogen-bond donors (Lipinski definition) is 1. The van der Waals surface area contributed by atoms with Crippen LogP contribution in [0.1, 0.15) is 23.3 Å². The van der Waals surface area contributed by atoms with Gasteiger partial charge < -0.3 is 10.2 Å². The van der Waals surface area contributed by atoms with E-state index in [1.54, 1.807) is 35.4 Å². The summed E-state index contributed by atoms with van der Waals surface area (Å²) in [6.07, 6.45) is 3.67. The highest BCUT2D eigenvalue weighted by Gasteiger charge is 2.25. The molecular formula is C16H19FN4O. The molecule has 1 aromatic heterocycles. The zero-order chi connectivity index (χ0) is 15.5. The van der Waals surface area contributed by atoms with Gasteiger partial charge in [-0.05, 0) is 38.1 Å². The molecule has 1 aliphatic heterocycles. The Balaban J connectivity index is 1.79. The molecule has 0 bridgehead atoms. The van der Waals surface area contributed by atoms with Crippen LogP contribution in [-0.2, 0) is 0 Å². The van der Waals surface area contributed by atoms with E-state index in [0.29, 0.717) is 24.0 Å². The zero-order valence-electron chi connectivity index (χ0n) is 12.5. The maximum atomic E-state index is 13.8. The fraction of sp³-hybridized carbons (Fsp3) is 0.375. The number of rotatable bonds is 3. The van der Waals surface area contributed by atoms with Crippen LogP contribution in [0.2, 0.25) is 0 Å². The summed E-state index contributed by atoms with van der Waals surface area (Å²) in [7, 11) is 1.91. The van der Waals surface area contributed by atoms with E-state index in [2.05, 4.69) is 10.4 Å². The van der Waals surface area contributed by atoms with E-state index in [0.717, 1.165) is 19.4 Å². The number of aromatic nitrogens is 2. The van der Waals surface area contributed by atoms with E-state index in [9.17, 15) is 9.18 Å². The minimum atomic E-state index is -0.363. The van der Waals surface area contributed by atoms with Crippen LogP contribution in [0, 0.1) is 5.82 Å². The molecule has 1 fully saturated rings. The van der Waals surface area contributed by atoms with Crippen molar-refractivity contribution in [2.75, 3.05) is 20.1 Å². The Morgan fingerprint density at radius 2 is 2.18 bits per heavy atom. The van der Waals surface area contributed by atoms with Crippen LogP contribution in [0.5, 0.6) is 0 Å². The average Bonchev–Trinajstić information content (AvgIpc) is 3.04. The van der Waals surface area contributed by atoms with Crippen LogP contribution >= 0.6 is 0 Å². The summed E-state index contributed by atoms with van der Waals surface area (Å²) >= 11 is 0. The SMILES string of the molecule is CN[C@H]1CCCN(C(=O)c2ccn(-c3ccccc3F)n2)C1. The van der Waals surface area contributed by atoms with Crippen LogP contribution < -0.4 is 5.32 Å². The van der Waals surface area contributed by atoms with Gasteiger partial charge in [0.25, 0.3) is 5.91 Å². The molecule has 3 rings (SSSR count). The van der Waals surface area contributed by atoms with Gasteiger partial charge in [-0.15, -0.1) is 0 Å². The molecule has 1 saturated heterocycles. The lowest BCUT2D eigenvalue weighted by Crippen LogP contribution is -2.47. The standard InChI is InChI=1S/C16H19FN4O/c1-18-12-5-4-9-20(11-12)16(22)14-8-10-21(19-14)15-7-3-2-6-13(15)17/h2-3,6-8,10,12,18H,4-5,9,11H2,1H3/t12-/m0/s1. The van der Waals surface area contributed by atoms with Gasteiger partial charge in [0.1, 0.15) is 11.5 Å². The summed E-state index contributed by atoms with van der Waals surface area (Å²) in [5.74, 6) is -0.465. The molecule has 2 heterocycles. The predicted octanol–water partition coefficient (Wildman–Crippen LogP) is 1.84. The number of carbonyl (C=O) groups excluding carboxylic acids is 1.